The number of carbonyl (C=O) groups is 2. The molecule has 0 saturated carbocycles. The molecule has 0 atom stereocenters. The van der Waals surface area contributed by atoms with Crippen molar-refractivity contribution in [2.45, 2.75) is 46.3 Å². The van der Waals surface area contributed by atoms with Crippen molar-refractivity contribution in [3.63, 3.8) is 0 Å². The van der Waals surface area contributed by atoms with Gasteiger partial charge in [-0.3, -0.25) is 9.59 Å². The number of likely N-dealkylation sites (N-methyl/N-ethyl adjacent to an activating group) is 1. The van der Waals surface area contributed by atoms with Crippen molar-refractivity contribution in [2.75, 3.05) is 38.1 Å². The number of hydrogen-bond acceptors (Lipinski definition) is 5. The Morgan fingerprint density at radius 2 is 1.79 bits per heavy atom. The molecule has 0 aliphatic carbocycles. The SMILES string of the molecule is Cc1cc(C(F)(F)F)n2nc(C(=O)N3CCN(C)CCCN(C(=O)CC(C)C)c4ccccc4C3)cc2n1. The highest BCUT2D eigenvalue weighted by atomic mass is 19.4. The number of anilines is 1. The summed E-state index contributed by atoms with van der Waals surface area (Å²) in [4.78, 5) is 36.5. The molecule has 3 aromatic rings. The largest absolute Gasteiger partial charge is 0.433 e. The van der Waals surface area contributed by atoms with Crippen molar-refractivity contribution in [3.8, 4) is 0 Å². The van der Waals surface area contributed by atoms with Crippen molar-refractivity contribution >= 4 is 23.1 Å². The molecule has 1 aliphatic heterocycles. The summed E-state index contributed by atoms with van der Waals surface area (Å²) in [6.07, 6.45) is -3.48. The first-order valence-corrected chi connectivity index (χ1v) is 12.7. The Morgan fingerprint density at radius 3 is 2.50 bits per heavy atom. The number of para-hydroxylation sites is 1. The van der Waals surface area contributed by atoms with Gasteiger partial charge in [0.2, 0.25) is 5.91 Å². The first kappa shape index (κ1) is 27.6. The summed E-state index contributed by atoms with van der Waals surface area (Å²) in [5.74, 6) is -0.278. The van der Waals surface area contributed by atoms with Gasteiger partial charge in [0.25, 0.3) is 5.91 Å². The van der Waals surface area contributed by atoms with E-state index in [9.17, 15) is 22.8 Å². The molecule has 4 rings (SSSR count). The lowest BCUT2D eigenvalue weighted by Gasteiger charge is -2.28. The minimum absolute atomic E-state index is 0.0219. The van der Waals surface area contributed by atoms with Gasteiger partial charge in [0.15, 0.2) is 11.3 Å². The number of nitrogens with zero attached hydrogens (tertiary/aromatic N) is 6. The maximum atomic E-state index is 13.7. The van der Waals surface area contributed by atoms with Gasteiger partial charge in [-0.2, -0.15) is 18.3 Å². The summed E-state index contributed by atoms with van der Waals surface area (Å²) < 4.78 is 41.6. The van der Waals surface area contributed by atoms with Crippen LogP contribution in [0, 0.1) is 12.8 Å². The van der Waals surface area contributed by atoms with Gasteiger partial charge in [0.1, 0.15) is 5.69 Å². The van der Waals surface area contributed by atoms with Crippen LogP contribution in [-0.4, -0.2) is 69.4 Å². The molecule has 0 N–H and O–H groups in total. The van der Waals surface area contributed by atoms with Gasteiger partial charge in [-0.15, -0.1) is 0 Å². The second kappa shape index (κ2) is 11.1. The lowest BCUT2D eigenvalue weighted by Crippen LogP contribution is -2.37. The van der Waals surface area contributed by atoms with Crippen LogP contribution < -0.4 is 4.90 Å². The smallest absolute Gasteiger partial charge is 0.332 e. The number of aromatic nitrogens is 3. The second-order valence-electron chi connectivity index (χ2n) is 10.2. The fraction of sp³-hybridized carbons (Fsp3) is 0.481. The molecule has 38 heavy (non-hydrogen) atoms. The van der Waals surface area contributed by atoms with Crippen LogP contribution in [-0.2, 0) is 17.5 Å². The van der Waals surface area contributed by atoms with E-state index in [1.54, 1.807) is 9.80 Å². The second-order valence-corrected chi connectivity index (χ2v) is 10.2. The van der Waals surface area contributed by atoms with Crippen LogP contribution in [0.4, 0.5) is 18.9 Å². The zero-order chi connectivity index (χ0) is 27.6. The third-order valence-corrected chi connectivity index (χ3v) is 6.55. The zero-order valence-electron chi connectivity index (χ0n) is 22.1. The van der Waals surface area contributed by atoms with E-state index in [0.717, 1.165) is 30.3 Å². The van der Waals surface area contributed by atoms with Gasteiger partial charge in [-0.25, -0.2) is 9.50 Å². The number of amides is 2. The van der Waals surface area contributed by atoms with Crippen LogP contribution in [0.3, 0.4) is 0 Å². The highest BCUT2D eigenvalue weighted by Gasteiger charge is 2.35. The Kier molecular flexibility index (Phi) is 8.05. The number of fused-ring (bicyclic) bond motifs is 2. The number of carbonyl (C=O) groups excluding carboxylic acids is 2. The molecule has 2 amide bonds. The minimum Gasteiger partial charge on any atom is -0.332 e. The predicted octanol–water partition coefficient (Wildman–Crippen LogP) is 4.41. The van der Waals surface area contributed by atoms with E-state index in [1.807, 2.05) is 45.2 Å². The fourth-order valence-electron chi connectivity index (χ4n) is 4.68. The van der Waals surface area contributed by atoms with Crippen molar-refractivity contribution < 1.29 is 22.8 Å². The Hall–Kier alpha value is -3.47. The quantitative estimate of drug-likeness (QED) is 0.502. The average molecular weight is 531 g/mol. The Balaban J connectivity index is 1.73. The van der Waals surface area contributed by atoms with E-state index in [-0.39, 0.29) is 35.4 Å². The summed E-state index contributed by atoms with van der Waals surface area (Å²) >= 11 is 0. The molecule has 2 aromatic heterocycles. The number of halogens is 3. The average Bonchev–Trinajstić information content (AvgIpc) is 3.25. The third kappa shape index (κ3) is 6.15. The van der Waals surface area contributed by atoms with Crippen LogP contribution in [0.15, 0.2) is 36.4 Å². The summed E-state index contributed by atoms with van der Waals surface area (Å²) in [6.45, 7) is 7.83. The van der Waals surface area contributed by atoms with E-state index in [4.69, 9.17) is 0 Å². The molecule has 1 aliphatic rings. The molecule has 0 unspecified atom stereocenters. The van der Waals surface area contributed by atoms with E-state index in [0.29, 0.717) is 30.6 Å². The third-order valence-electron chi connectivity index (χ3n) is 6.55. The molecule has 1 aromatic carbocycles. The lowest BCUT2D eigenvalue weighted by atomic mass is 10.1. The van der Waals surface area contributed by atoms with Crippen LogP contribution in [0.2, 0.25) is 0 Å². The fourth-order valence-corrected chi connectivity index (χ4v) is 4.68. The van der Waals surface area contributed by atoms with E-state index in [2.05, 4.69) is 15.0 Å². The monoisotopic (exact) mass is 530 g/mol. The van der Waals surface area contributed by atoms with Crippen LogP contribution in [0.1, 0.15) is 54.1 Å². The summed E-state index contributed by atoms with van der Waals surface area (Å²) in [7, 11) is 1.95. The van der Waals surface area contributed by atoms with Crippen molar-refractivity contribution in [3.05, 3.63) is 59.0 Å². The number of aryl methyl sites for hydroxylation is 1. The predicted molar refractivity (Wildman–Crippen MR) is 138 cm³/mol. The number of benzene rings is 1. The van der Waals surface area contributed by atoms with Crippen LogP contribution in [0.5, 0.6) is 0 Å². The molecule has 8 nitrogen and oxygen atoms in total. The first-order valence-electron chi connectivity index (χ1n) is 12.7. The van der Waals surface area contributed by atoms with E-state index < -0.39 is 17.8 Å². The summed E-state index contributed by atoms with van der Waals surface area (Å²) in [6, 6.07) is 9.68. The van der Waals surface area contributed by atoms with E-state index in [1.165, 1.54) is 13.0 Å². The number of hydrogen-bond donors (Lipinski definition) is 0. The Bertz CT molecular complexity index is 1320. The van der Waals surface area contributed by atoms with Gasteiger partial charge in [-0.05, 0) is 50.6 Å². The minimum atomic E-state index is -4.65. The molecule has 11 heteroatoms. The standard InChI is InChI=1S/C27H33F3N6O2/c1-18(2)14-25(37)35-11-7-10-33(4)12-13-34(17-20-8-5-6-9-22(20)35)26(38)21-16-24-31-19(3)15-23(27(28,29)30)36(24)32-21/h5-6,8-9,15-16,18H,7,10-14,17H2,1-4H3. The molecule has 0 spiro atoms. The molecule has 3 heterocycles. The van der Waals surface area contributed by atoms with Crippen molar-refractivity contribution in [1.82, 2.24) is 24.4 Å². The van der Waals surface area contributed by atoms with Gasteiger partial charge < -0.3 is 14.7 Å². The maximum Gasteiger partial charge on any atom is 0.433 e. The Labute approximate surface area is 220 Å². The number of rotatable bonds is 3. The number of alkyl halides is 3. The van der Waals surface area contributed by atoms with Crippen molar-refractivity contribution in [2.24, 2.45) is 5.92 Å². The van der Waals surface area contributed by atoms with Crippen LogP contribution in [0.25, 0.3) is 5.65 Å². The van der Waals surface area contributed by atoms with Gasteiger partial charge >= 0.3 is 6.18 Å². The molecular formula is C27H33F3N6O2. The zero-order valence-corrected chi connectivity index (χ0v) is 22.1. The molecule has 0 bridgehead atoms. The molecule has 0 saturated heterocycles. The molecule has 0 radical (unpaired) electrons. The summed E-state index contributed by atoms with van der Waals surface area (Å²) in [5.41, 5.74) is 0.572. The lowest BCUT2D eigenvalue weighted by molar-refractivity contribution is -0.142. The summed E-state index contributed by atoms with van der Waals surface area (Å²) in [5, 5.41) is 4.03. The molecular weight excluding hydrogens is 497 g/mol. The van der Waals surface area contributed by atoms with Gasteiger partial charge in [0, 0.05) is 50.0 Å². The molecule has 204 valence electrons. The van der Waals surface area contributed by atoms with Gasteiger partial charge in [-0.1, -0.05) is 32.0 Å². The maximum absolute atomic E-state index is 13.7. The highest BCUT2D eigenvalue weighted by molar-refractivity contribution is 5.95. The van der Waals surface area contributed by atoms with Gasteiger partial charge in [0.05, 0.1) is 0 Å². The van der Waals surface area contributed by atoms with E-state index >= 15 is 0 Å². The first-order chi connectivity index (χ1) is 17.9. The normalized spacial score (nSPS) is 16.0. The molecule has 0 fully saturated rings. The highest BCUT2D eigenvalue weighted by Crippen LogP contribution is 2.30. The Morgan fingerprint density at radius 1 is 1.05 bits per heavy atom. The van der Waals surface area contributed by atoms with Crippen molar-refractivity contribution in [1.29, 1.82) is 0 Å². The van der Waals surface area contributed by atoms with Crippen LogP contribution >= 0.6 is 0 Å². The topological polar surface area (TPSA) is 74.1 Å².